The summed E-state index contributed by atoms with van der Waals surface area (Å²) in [5, 5.41) is 4.35. The van der Waals surface area contributed by atoms with Crippen LogP contribution in [0.25, 0.3) is 0 Å². The van der Waals surface area contributed by atoms with Crippen molar-refractivity contribution in [2.75, 3.05) is 12.4 Å². The van der Waals surface area contributed by atoms with Gasteiger partial charge >= 0.3 is 0 Å². The third-order valence-corrected chi connectivity index (χ3v) is 4.19. The summed E-state index contributed by atoms with van der Waals surface area (Å²) in [5.74, 6) is 0.842. The third kappa shape index (κ3) is 3.92. The van der Waals surface area contributed by atoms with Crippen molar-refractivity contribution in [1.29, 1.82) is 0 Å². The van der Waals surface area contributed by atoms with E-state index in [0.29, 0.717) is 0 Å². The molecule has 4 heteroatoms. The Morgan fingerprint density at radius 2 is 1.90 bits per heavy atom. The molecule has 0 bridgehead atoms. The number of rotatable bonds is 5. The van der Waals surface area contributed by atoms with E-state index in [1.54, 1.807) is 7.11 Å². The summed E-state index contributed by atoms with van der Waals surface area (Å²) >= 11 is 9.47. The normalized spacial score (nSPS) is 12.0. The molecule has 1 atom stereocenters. The molecule has 1 N–H and O–H groups in total. The Morgan fingerprint density at radius 3 is 2.48 bits per heavy atom. The zero-order chi connectivity index (χ0) is 15.4. The second-order valence-electron chi connectivity index (χ2n) is 4.96. The fourth-order valence-electron chi connectivity index (χ4n) is 2.35. The first kappa shape index (κ1) is 16.2. The van der Waals surface area contributed by atoms with E-state index in [0.717, 1.165) is 32.9 Å². The lowest BCUT2D eigenvalue weighted by Gasteiger charge is -2.22. The smallest absolute Gasteiger partial charge is 0.143 e. The first-order valence-electron chi connectivity index (χ1n) is 6.91. The Kier molecular flexibility index (Phi) is 5.54. The minimum absolute atomic E-state index is 0.219. The quantitative estimate of drug-likeness (QED) is 0.700. The molecule has 2 aromatic rings. The molecule has 112 valence electrons. The Morgan fingerprint density at radius 1 is 1.24 bits per heavy atom. The molecule has 2 rings (SSSR count). The van der Waals surface area contributed by atoms with Crippen molar-refractivity contribution in [3.8, 4) is 5.75 Å². The average molecular weight is 369 g/mol. The molecule has 0 amide bonds. The van der Waals surface area contributed by atoms with Crippen molar-refractivity contribution >= 4 is 33.2 Å². The van der Waals surface area contributed by atoms with Gasteiger partial charge in [0.25, 0.3) is 0 Å². The van der Waals surface area contributed by atoms with Crippen LogP contribution in [0.4, 0.5) is 5.69 Å². The van der Waals surface area contributed by atoms with Gasteiger partial charge in [0.2, 0.25) is 0 Å². The Bertz CT molecular complexity index is 613. The number of halogens is 2. The summed E-state index contributed by atoms with van der Waals surface area (Å²) in [6.45, 7) is 4.23. The van der Waals surface area contributed by atoms with Gasteiger partial charge in [0.15, 0.2) is 0 Å². The fourth-order valence-corrected chi connectivity index (χ4v) is 3.03. The average Bonchev–Trinajstić information content (AvgIpc) is 2.47. The first-order valence-corrected chi connectivity index (χ1v) is 8.08. The molecule has 0 saturated heterocycles. The van der Waals surface area contributed by atoms with Gasteiger partial charge < -0.3 is 10.1 Å². The molecular weight excluding hydrogens is 350 g/mol. The summed E-state index contributed by atoms with van der Waals surface area (Å²) in [5.41, 5.74) is 3.39. The number of hydrogen-bond acceptors (Lipinski definition) is 2. The van der Waals surface area contributed by atoms with Crippen molar-refractivity contribution in [3.63, 3.8) is 0 Å². The highest BCUT2D eigenvalue weighted by molar-refractivity contribution is 9.10. The van der Waals surface area contributed by atoms with Crippen LogP contribution in [0.15, 0.2) is 40.9 Å². The van der Waals surface area contributed by atoms with E-state index in [2.05, 4.69) is 53.3 Å². The van der Waals surface area contributed by atoms with E-state index in [1.165, 1.54) is 5.56 Å². The monoisotopic (exact) mass is 367 g/mol. The molecule has 0 aromatic heterocycles. The van der Waals surface area contributed by atoms with Gasteiger partial charge in [0.1, 0.15) is 5.75 Å². The van der Waals surface area contributed by atoms with Crippen LogP contribution in [0.2, 0.25) is 5.02 Å². The van der Waals surface area contributed by atoms with Crippen LogP contribution in [0.3, 0.4) is 0 Å². The van der Waals surface area contributed by atoms with Gasteiger partial charge in [-0.2, -0.15) is 0 Å². The van der Waals surface area contributed by atoms with Crippen LogP contribution in [-0.4, -0.2) is 7.11 Å². The van der Waals surface area contributed by atoms with Crippen molar-refractivity contribution in [1.82, 2.24) is 0 Å². The first-order chi connectivity index (χ1) is 10.0. The van der Waals surface area contributed by atoms with Crippen LogP contribution in [0.1, 0.15) is 30.5 Å². The third-order valence-electron chi connectivity index (χ3n) is 3.48. The van der Waals surface area contributed by atoms with Crippen molar-refractivity contribution < 1.29 is 4.74 Å². The van der Waals surface area contributed by atoms with Crippen LogP contribution >= 0.6 is 27.5 Å². The molecule has 0 fully saturated rings. The largest absolute Gasteiger partial charge is 0.495 e. The number of benzene rings is 2. The Labute approximate surface area is 139 Å². The van der Waals surface area contributed by atoms with Gasteiger partial charge in [-0.25, -0.2) is 0 Å². The molecule has 0 heterocycles. The Balaban J connectivity index is 2.32. The second-order valence-corrected chi connectivity index (χ2v) is 6.31. The summed E-state index contributed by atoms with van der Waals surface area (Å²) < 4.78 is 6.51. The second kappa shape index (κ2) is 7.19. The van der Waals surface area contributed by atoms with Gasteiger partial charge in [-0.3, -0.25) is 0 Å². The maximum atomic E-state index is 5.96. The van der Waals surface area contributed by atoms with Gasteiger partial charge in [0.05, 0.1) is 18.8 Å². The zero-order valence-corrected chi connectivity index (χ0v) is 14.8. The summed E-state index contributed by atoms with van der Waals surface area (Å²) in [6.07, 6.45) is 0.973. The predicted octanol–water partition coefficient (Wildman–Crippen LogP) is 5.98. The molecule has 0 radical (unpaired) electrons. The van der Waals surface area contributed by atoms with Crippen LogP contribution in [-0.2, 0) is 0 Å². The molecule has 2 aromatic carbocycles. The van der Waals surface area contributed by atoms with Crippen LogP contribution < -0.4 is 10.1 Å². The van der Waals surface area contributed by atoms with Gasteiger partial charge in [-0.1, -0.05) is 46.6 Å². The number of ether oxygens (including phenoxy) is 1. The molecule has 21 heavy (non-hydrogen) atoms. The summed E-state index contributed by atoms with van der Waals surface area (Å²) in [7, 11) is 1.69. The van der Waals surface area contributed by atoms with Crippen molar-refractivity contribution in [2.24, 2.45) is 0 Å². The minimum atomic E-state index is 0.219. The molecule has 0 spiro atoms. The van der Waals surface area contributed by atoms with E-state index < -0.39 is 0 Å². The molecule has 2 nitrogen and oxygen atoms in total. The maximum Gasteiger partial charge on any atom is 0.143 e. The predicted molar refractivity (Wildman–Crippen MR) is 93.5 cm³/mol. The lowest BCUT2D eigenvalue weighted by molar-refractivity contribution is 0.415. The van der Waals surface area contributed by atoms with E-state index in [9.17, 15) is 0 Å². The maximum absolute atomic E-state index is 5.96. The fraction of sp³-hybridized carbons (Fsp3) is 0.294. The van der Waals surface area contributed by atoms with E-state index in [1.807, 2.05) is 18.2 Å². The lowest BCUT2D eigenvalue weighted by atomic mass is 10.0. The van der Waals surface area contributed by atoms with Gasteiger partial charge in [-0.05, 0) is 48.7 Å². The highest BCUT2D eigenvalue weighted by Crippen LogP contribution is 2.35. The summed E-state index contributed by atoms with van der Waals surface area (Å²) in [4.78, 5) is 0. The van der Waals surface area contributed by atoms with E-state index >= 15 is 0 Å². The van der Waals surface area contributed by atoms with Gasteiger partial charge in [-0.15, -0.1) is 0 Å². The topological polar surface area (TPSA) is 21.3 Å². The number of aryl methyl sites for hydroxylation is 1. The minimum Gasteiger partial charge on any atom is -0.495 e. The number of methoxy groups -OCH3 is 1. The standard InChI is InChI=1S/C17H19BrClNO/c1-4-15(12-5-7-14(19)8-6-12)20-17-11(2)9-13(18)10-16(17)21-3/h5-10,15,20H,4H2,1-3H3. The van der Waals surface area contributed by atoms with Crippen molar-refractivity contribution in [3.05, 3.63) is 57.0 Å². The van der Waals surface area contributed by atoms with Crippen molar-refractivity contribution in [2.45, 2.75) is 26.3 Å². The molecule has 0 aliphatic rings. The Hall–Kier alpha value is -1.19. The zero-order valence-electron chi connectivity index (χ0n) is 12.4. The van der Waals surface area contributed by atoms with Crippen LogP contribution in [0, 0.1) is 6.92 Å². The number of hydrogen-bond donors (Lipinski definition) is 1. The SMILES string of the molecule is CCC(Nc1c(C)cc(Br)cc1OC)c1ccc(Cl)cc1. The molecule has 1 unspecified atom stereocenters. The lowest BCUT2D eigenvalue weighted by Crippen LogP contribution is -2.11. The van der Waals surface area contributed by atoms with Crippen LogP contribution in [0.5, 0.6) is 5.75 Å². The molecule has 0 saturated carbocycles. The van der Waals surface area contributed by atoms with Gasteiger partial charge in [0, 0.05) is 9.50 Å². The number of nitrogens with one attached hydrogen (secondary N) is 1. The van der Waals surface area contributed by atoms with E-state index in [4.69, 9.17) is 16.3 Å². The number of anilines is 1. The highest BCUT2D eigenvalue weighted by atomic mass is 79.9. The molecular formula is C17H19BrClNO. The van der Waals surface area contributed by atoms with E-state index in [-0.39, 0.29) is 6.04 Å². The summed E-state index contributed by atoms with van der Waals surface area (Å²) in [6, 6.07) is 12.2. The molecule has 0 aliphatic carbocycles. The molecule has 0 aliphatic heterocycles. The highest BCUT2D eigenvalue weighted by Gasteiger charge is 2.14.